The molecular weight excluding hydrogens is 500 g/mol. The van der Waals surface area contributed by atoms with Gasteiger partial charge in [-0.05, 0) is 50.5 Å². The van der Waals surface area contributed by atoms with Crippen molar-refractivity contribution in [2.45, 2.75) is 57.6 Å². The fourth-order valence-corrected chi connectivity index (χ4v) is 6.77. The van der Waals surface area contributed by atoms with Crippen molar-refractivity contribution in [2.24, 2.45) is 0 Å². The van der Waals surface area contributed by atoms with Crippen LogP contribution in [0.5, 0.6) is 0 Å². The lowest BCUT2D eigenvalue weighted by Gasteiger charge is -2.41. The minimum absolute atomic E-state index is 0.0272. The highest BCUT2D eigenvalue weighted by Crippen LogP contribution is 2.46. The van der Waals surface area contributed by atoms with E-state index in [1.165, 1.54) is 32.1 Å². The van der Waals surface area contributed by atoms with E-state index in [1.54, 1.807) is 13.8 Å². The van der Waals surface area contributed by atoms with Crippen LogP contribution in [-0.4, -0.2) is 53.2 Å². The number of piperazine rings is 1. The van der Waals surface area contributed by atoms with Gasteiger partial charge in [0.05, 0.1) is 27.9 Å². The van der Waals surface area contributed by atoms with Gasteiger partial charge in [0, 0.05) is 49.0 Å². The molecule has 7 nitrogen and oxygen atoms in total. The first-order chi connectivity index (χ1) is 19.4. The third kappa shape index (κ3) is 4.28. The Morgan fingerprint density at radius 3 is 2.35 bits per heavy atom. The van der Waals surface area contributed by atoms with Gasteiger partial charge in [0.15, 0.2) is 11.5 Å². The maximum Gasteiger partial charge on any atom is 0.196 e. The van der Waals surface area contributed by atoms with E-state index in [9.17, 15) is 9.90 Å². The molecule has 1 saturated carbocycles. The molecule has 3 aromatic carbocycles. The Balaban J connectivity index is 1.29. The minimum atomic E-state index is -0.923. The number of aromatic nitrogens is 1. The molecule has 1 aliphatic heterocycles. The van der Waals surface area contributed by atoms with Gasteiger partial charge in [-0.25, -0.2) is 0 Å². The Hall–Kier alpha value is -3.68. The Morgan fingerprint density at radius 1 is 0.950 bits per heavy atom. The molecule has 7 rings (SSSR count). The first-order valence-electron chi connectivity index (χ1n) is 14.6. The van der Waals surface area contributed by atoms with Gasteiger partial charge in [-0.2, -0.15) is 0 Å². The molecule has 2 fully saturated rings. The second-order valence-electron chi connectivity index (χ2n) is 12.0. The summed E-state index contributed by atoms with van der Waals surface area (Å²) in [7, 11) is 0. The summed E-state index contributed by atoms with van der Waals surface area (Å²) < 4.78 is 5.98. The van der Waals surface area contributed by atoms with Crippen LogP contribution in [0.4, 0.5) is 17.1 Å². The van der Waals surface area contributed by atoms with Crippen molar-refractivity contribution in [1.29, 1.82) is 0 Å². The molecule has 2 heterocycles. The summed E-state index contributed by atoms with van der Waals surface area (Å²) in [5, 5.41) is 19.3. The van der Waals surface area contributed by atoms with Crippen molar-refractivity contribution in [3.05, 3.63) is 71.3 Å². The fourth-order valence-electron chi connectivity index (χ4n) is 6.77. The molecule has 206 valence electrons. The molecule has 2 aliphatic carbocycles. The maximum atomic E-state index is 13.9. The number of hydrogen-bond acceptors (Lipinski definition) is 7. The van der Waals surface area contributed by atoms with Crippen LogP contribution < -0.4 is 10.2 Å². The smallest absolute Gasteiger partial charge is 0.196 e. The summed E-state index contributed by atoms with van der Waals surface area (Å²) in [6.45, 7) is 7.44. The number of carbonyl (C=O) groups excluding carboxylic acids is 1. The summed E-state index contributed by atoms with van der Waals surface area (Å²) in [6, 6.07) is 18.1. The molecule has 7 heteroatoms. The van der Waals surface area contributed by atoms with E-state index < -0.39 is 5.60 Å². The van der Waals surface area contributed by atoms with Crippen molar-refractivity contribution in [2.75, 3.05) is 36.4 Å². The Kier molecular flexibility index (Phi) is 6.17. The van der Waals surface area contributed by atoms with E-state index in [0.717, 1.165) is 65.3 Å². The lowest BCUT2D eigenvalue weighted by Crippen LogP contribution is -2.51. The van der Waals surface area contributed by atoms with Crippen LogP contribution >= 0.6 is 0 Å². The van der Waals surface area contributed by atoms with Gasteiger partial charge in [-0.3, -0.25) is 9.69 Å². The zero-order valence-electron chi connectivity index (χ0n) is 23.2. The van der Waals surface area contributed by atoms with Crippen LogP contribution in [0.25, 0.3) is 22.2 Å². The van der Waals surface area contributed by atoms with E-state index in [2.05, 4.69) is 26.3 Å². The number of aliphatic hydroxyl groups is 1. The number of fused-ring (bicyclic) bond motifs is 2. The van der Waals surface area contributed by atoms with Crippen molar-refractivity contribution in [3.8, 4) is 11.3 Å². The van der Waals surface area contributed by atoms with E-state index in [0.29, 0.717) is 22.9 Å². The highest BCUT2D eigenvalue weighted by molar-refractivity contribution is 6.28. The van der Waals surface area contributed by atoms with Crippen LogP contribution in [0.1, 0.15) is 67.4 Å². The predicted octanol–water partition coefficient (Wildman–Crippen LogP) is 6.46. The normalized spacial score (nSPS) is 18.3. The third-order valence-corrected chi connectivity index (χ3v) is 8.99. The monoisotopic (exact) mass is 536 g/mol. The second-order valence-corrected chi connectivity index (χ2v) is 12.0. The largest absolute Gasteiger partial charge is 0.386 e. The first-order valence-corrected chi connectivity index (χ1v) is 14.6. The molecule has 2 N–H and O–H groups in total. The summed E-state index contributed by atoms with van der Waals surface area (Å²) in [5.74, 6) is 0.629. The highest BCUT2D eigenvalue weighted by Gasteiger charge is 2.35. The lowest BCUT2D eigenvalue weighted by molar-refractivity contribution is 0.0786. The van der Waals surface area contributed by atoms with Crippen molar-refractivity contribution in [3.63, 3.8) is 0 Å². The van der Waals surface area contributed by atoms with Gasteiger partial charge in [0.2, 0.25) is 0 Å². The molecule has 0 amide bonds. The summed E-state index contributed by atoms with van der Waals surface area (Å²) in [6.07, 6.45) is 6.68. The van der Waals surface area contributed by atoms with E-state index in [4.69, 9.17) is 4.52 Å². The molecule has 3 aliphatic rings. The van der Waals surface area contributed by atoms with Crippen LogP contribution in [0.3, 0.4) is 0 Å². The molecule has 0 bridgehead atoms. The number of benzene rings is 3. The lowest BCUT2D eigenvalue weighted by atomic mass is 9.86. The highest BCUT2D eigenvalue weighted by atomic mass is 16.5. The minimum Gasteiger partial charge on any atom is -0.386 e. The van der Waals surface area contributed by atoms with E-state index >= 15 is 0 Å². The maximum absolute atomic E-state index is 13.9. The zero-order valence-corrected chi connectivity index (χ0v) is 23.2. The number of ketones is 1. The average molecular weight is 537 g/mol. The quantitative estimate of drug-likeness (QED) is 0.267. The van der Waals surface area contributed by atoms with Crippen LogP contribution in [0, 0.1) is 0 Å². The van der Waals surface area contributed by atoms with E-state index in [-0.39, 0.29) is 5.78 Å². The van der Waals surface area contributed by atoms with Gasteiger partial charge in [0.1, 0.15) is 5.52 Å². The summed E-state index contributed by atoms with van der Waals surface area (Å²) in [5.41, 5.74) is 5.27. The van der Waals surface area contributed by atoms with Gasteiger partial charge in [-0.15, -0.1) is 0 Å². The molecular formula is C33H36N4O3. The van der Waals surface area contributed by atoms with Gasteiger partial charge >= 0.3 is 0 Å². The number of nitrogens with zero attached hydrogens (tertiary/aromatic N) is 3. The number of rotatable bonds is 5. The molecule has 0 unspecified atom stereocenters. The first kappa shape index (κ1) is 25.3. The number of anilines is 3. The number of hydrogen-bond donors (Lipinski definition) is 2. The topological polar surface area (TPSA) is 81.8 Å². The molecule has 4 aromatic rings. The molecule has 0 atom stereocenters. The van der Waals surface area contributed by atoms with Crippen LogP contribution in [0.2, 0.25) is 0 Å². The van der Waals surface area contributed by atoms with Crippen LogP contribution in [0.15, 0.2) is 59.1 Å². The van der Waals surface area contributed by atoms with Gasteiger partial charge < -0.3 is 19.8 Å². The Morgan fingerprint density at radius 2 is 1.65 bits per heavy atom. The molecule has 1 saturated heterocycles. The van der Waals surface area contributed by atoms with Crippen molar-refractivity contribution >= 4 is 33.7 Å². The Labute approximate surface area is 234 Å². The summed E-state index contributed by atoms with van der Waals surface area (Å²) in [4.78, 5) is 19.0. The third-order valence-electron chi connectivity index (χ3n) is 8.99. The van der Waals surface area contributed by atoms with Gasteiger partial charge in [0.25, 0.3) is 0 Å². The Bertz CT molecular complexity index is 1570. The zero-order chi connectivity index (χ0) is 27.4. The fraction of sp³-hybridized carbons (Fsp3) is 0.394. The summed E-state index contributed by atoms with van der Waals surface area (Å²) >= 11 is 0. The molecule has 1 aromatic heterocycles. The van der Waals surface area contributed by atoms with E-state index in [1.807, 2.05) is 48.5 Å². The predicted molar refractivity (Wildman–Crippen MR) is 159 cm³/mol. The number of carbonyl (C=O) groups is 1. The molecule has 0 radical (unpaired) electrons. The molecule has 0 spiro atoms. The molecule has 40 heavy (non-hydrogen) atoms. The second kappa shape index (κ2) is 9.75. The SMILES string of the molecule is CC(C)(O)c1ccc(Nc2cc(N3CCN(C4CCCCC4)CC3)c3noc4c3c2C(=O)c2ccccc2-4)cc1. The van der Waals surface area contributed by atoms with Crippen LogP contribution in [-0.2, 0) is 5.60 Å². The number of nitrogens with one attached hydrogen (secondary N) is 1. The van der Waals surface area contributed by atoms with Crippen molar-refractivity contribution < 1.29 is 14.4 Å². The van der Waals surface area contributed by atoms with Crippen molar-refractivity contribution in [1.82, 2.24) is 10.1 Å². The van der Waals surface area contributed by atoms with Gasteiger partial charge in [-0.1, -0.05) is 60.8 Å². The average Bonchev–Trinajstić information content (AvgIpc) is 3.42. The standard InChI is InChI=1S/C33H36N4O3/c1-33(2,39)21-12-14-22(15-13-21)34-26-20-27(37-18-16-36(17-19-37)23-8-4-3-5-9-23)30-29-28(26)31(38)24-10-6-7-11-25(24)32(29)40-35-30/h6-7,10-15,20,23,34,39H,3-5,8-9,16-19H2,1-2H3.